The lowest BCUT2D eigenvalue weighted by Gasteiger charge is -2.47. The molecule has 2 N–H and O–H groups in total. The van der Waals surface area contributed by atoms with E-state index in [1.54, 1.807) is 32.0 Å². The Morgan fingerprint density at radius 3 is 2.23 bits per heavy atom. The van der Waals surface area contributed by atoms with Crippen molar-refractivity contribution >= 4 is 23.6 Å². The number of anilines is 1. The Balaban J connectivity index is 2.37. The molecule has 184 valence electrons. The second-order valence-corrected chi connectivity index (χ2v) is 8.41. The summed E-state index contributed by atoms with van der Waals surface area (Å²) < 4.78 is 45.8. The van der Waals surface area contributed by atoms with Crippen LogP contribution in [0.3, 0.4) is 0 Å². The fourth-order valence-corrected chi connectivity index (χ4v) is 4.58. The lowest BCUT2D eigenvalue weighted by molar-refractivity contribution is -0.159. The van der Waals surface area contributed by atoms with E-state index in [2.05, 4.69) is 0 Å². The highest BCUT2D eigenvalue weighted by atomic mass is 19.4. The van der Waals surface area contributed by atoms with Crippen LogP contribution in [0.1, 0.15) is 30.5 Å². The third-order valence-electron chi connectivity index (χ3n) is 6.41. The van der Waals surface area contributed by atoms with Crippen molar-refractivity contribution in [1.29, 1.82) is 5.26 Å². The van der Waals surface area contributed by atoms with E-state index < -0.39 is 57.9 Å². The molecule has 2 atom stereocenters. The first-order valence-electron chi connectivity index (χ1n) is 10.5. The van der Waals surface area contributed by atoms with Gasteiger partial charge in [0.2, 0.25) is 0 Å². The van der Waals surface area contributed by atoms with Crippen LogP contribution in [0.2, 0.25) is 0 Å². The van der Waals surface area contributed by atoms with Crippen LogP contribution in [0, 0.1) is 17.2 Å². The smallest absolute Gasteiger partial charge is 0.417 e. The molecule has 3 amide bonds. The van der Waals surface area contributed by atoms with E-state index in [9.17, 15) is 27.6 Å². The number of carbonyl (C=O) groups is 3. The molecule has 3 rings (SSSR count). The maximum atomic E-state index is 14.2. The molecule has 2 aromatic carbocycles. The molecule has 35 heavy (non-hydrogen) atoms. The second-order valence-electron chi connectivity index (χ2n) is 8.41. The van der Waals surface area contributed by atoms with Crippen molar-refractivity contribution in [2.24, 2.45) is 11.7 Å². The molecule has 1 aliphatic rings. The molecule has 1 aliphatic heterocycles. The van der Waals surface area contributed by atoms with Crippen molar-refractivity contribution in [3.05, 3.63) is 65.2 Å². The van der Waals surface area contributed by atoms with Gasteiger partial charge in [-0.3, -0.25) is 4.79 Å². The normalized spacial score (nSPS) is 20.1. The van der Waals surface area contributed by atoms with E-state index in [-0.39, 0.29) is 5.56 Å². The first kappa shape index (κ1) is 25.7. The number of urea groups is 1. The van der Waals surface area contributed by atoms with Crippen LogP contribution in [-0.2, 0) is 26.0 Å². The van der Waals surface area contributed by atoms with E-state index in [0.717, 1.165) is 24.1 Å². The van der Waals surface area contributed by atoms with Gasteiger partial charge in [-0.25, -0.2) is 14.5 Å². The van der Waals surface area contributed by atoms with Gasteiger partial charge < -0.3 is 15.4 Å². The zero-order chi connectivity index (χ0) is 26.3. The number of nitrogens with two attached hydrogens (primary N) is 1. The Bertz CT molecular complexity index is 1230. The molecule has 1 saturated heterocycles. The van der Waals surface area contributed by atoms with Crippen molar-refractivity contribution in [2.75, 3.05) is 19.1 Å². The number of hydrogen-bond donors (Lipinski definition) is 1. The molecular weight excluding hydrogens is 465 g/mol. The molecule has 8 nitrogen and oxygen atoms in total. The van der Waals surface area contributed by atoms with Crippen molar-refractivity contribution < 1.29 is 32.3 Å². The number of esters is 1. The van der Waals surface area contributed by atoms with Gasteiger partial charge in [-0.2, -0.15) is 18.4 Å². The molecule has 1 heterocycles. The lowest BCUT2D eigenvalue weighted by atomic mass is 9.65. The zero-order valence-corrected chi connectivity index (χ0v) is 19.4. The summed E-state index contributed by atoms with van der Waals surface area (Å²) in [6.45, 7) is 3.14. The van der Waals surface area contributed by atoms with Crippen LogP contribution in [0.15, 0.2) is 48.5 Å². The molecule has 0 bridgehead atoms. The molecule has 0 saturated carbocycles. The average molecular weight is 488 g/mol. The number of carbonyl (C=O) groups excluding carboxylic acids is 3. The number of likely N-dealkylation sites (N-methyl/N-ethyl adjacent to an activating group) is 1. The van der Waals surface area contributed by atoms with Crippen LogP contribution >= 0.6 is 0 Å². The molecule has 0 aromatic heterocycles. The number of ether oxygens (including phenoxy) is 1. The highest BCUT2D eigenvalue weighted by Crippen LogP contribution is 2.49. The number of methoxy groups -OCH3 is 1. The standard InChI is InChI=1S/C24H23F3N4O4/c1-14(2)22(29,20(33)35-4)23(16-8-6-5-7-9-16)19(32)31(21(34)30(23)3)17-11-10-15(13-28)18(12-17)24(25,26)27/h5-12,14H,29H2,1-4H3/t22-,23?/m1/s1. The molecular formula is C24H23F3N4O4. The Hall–Kier alpha value is -3.91. The molecule has 1 fully saturated rings. The van der Waals surface area contributed by atoms with Gasteiger partial charge in [-0.05, 0) is 29.7 Å². The third kappa shape index (κ3) is 3.52. The van der Waals surface area contributed by atoms with Crippen molar-refractivity contribution in [1.82, 2.24) is 4.90 Å². The van der Waals surface area contributed by atoms with Gasteiger partial charge in [0.15, 0.2) is 11.1 Å². The predicted octanol–water partition coefficient (Wildman–Crippen LogP) is 3.40. The van der Waals surface area contributed by atoms with Crippen LogP contribution in [0.4, 0.5) is 23.7 Å². The van der Waals surface area contributed by atoms with Gasteiger partial charge in [0.05, 0.1) is 30.0 Å². The maximum absolute atomic E-state index is 14.2. The molecule has 0 spiro atoms. The number of nitrogens with zero attached hydrogens (tertiary/aromatic N) is 3. The van der Waals surface area contributed by atoms with Crippen molar-refractivity contribution in [2.45, 2.75) is 31.1 Å². The third-order valence-corrected chi connectivity index (χ3v) is 6.41. The molecule has 2 aromatic rings. The number of rotatable bonds is 5. The van der Waals surface area contributed by atoms with Crippen LogP contribution in [-0.4, -0.2) is 42.5 Å². The Labute approximate surface area is 199 Å². The van der Waals surface area contributed by atoms with Gasteiger partial charge in [0, 0.05) is 7.05 Å². The van der Waals surface area contributed by atoms with Crippen LogP contribution < -0.4 is 10.6 Å². The molecule has 11 heteroatoms. The zero-order valence-electron chi connectivity index (χ0n) is 19.4. The number of benzene rings is 2. The van der Waals surface area contributed by atoms with Gasteiger partial charge in [0.1, 0.15) is 0 Å². The summed E-state index contributed by atoms with van der Waals surface area (Å²) in [6, 6.07) is 10.7. The van der Waals surface area contributed by atoms with E-state index in [4.69, 9.17) is 15.7 Å². The largest absolute Gasteiger partial charge is 0.468 e. The van der Waals surface area contributed by atoms with Gasteiger partial charge >= 0.3 is 18.2 Å². The van der Waals surface area contributed by atoms with E-state index in [1.807, 2.05) is 0 Å². The number of amides is 3. The molecule has 0 radical (unpaired) electrons. The highest BCUT2D eigenvalue weighted by molar-refractivity contribution is 6.25. The molecule has 0 aliphatic carbocycles. The number of nitriles is 1. The monoisotopic (exact) mass is 488 g/mol. The van der Waals surface area contributed by atoms with Gasteiger partial charge in [0.25, 0.3) is 5.91 Å². The second kappa shape index (κ2) is 8.70. The number of imide groups is 1. The Morgan fingerprint density at radius 2 is 1.74 bits per heavy atom. The summed E-state index contributed by atoms with van der Waals surface area (Å²) >= 11 is 0. The summed E-state index contributed by atoms with van der Waals surface area (Å²) in [6.07, 6.45) is -4.92. The summed E-state index contributed by atoms with van der Waals surface area (Å²) in [5, 5.41) is 9.10. The first-order chi connectivity index (χ1) is 16.3. The Kier molecular flexibility index (Phi) is 6.39. The van der Waals surface area contributed by atoms with E-state index in [1.165, 1.54) is 25.2 Å². The Morgan fingerprint density at radius 1 is 1.14 bits per heavy atom. The predicted molar refractivity (Wildman–Crippen MR) is 119 cm³/mol. The van der Waals surface area contributed by atoms with Crippen LogP contribution in [0.25, 0.3) is 0 Å². The number of hydrogen-bond acceptors (Lipinski definition) is 6. The summed E-state index contributed by atoms with van der Waals surface area (Å²) in [7, 11) is 2.33. The van der Waals surface area contributed by atoms with Gasteiger partial charge in [-0.1, -0.05) is 44.2 Å². The quantitative estimate of drug-likeness (QED) is 0.509. The minimum absolute atomic E-state index is 0.176. The summed E-state index contributed by atoms with van der Waals surface area (Å²) in [4.78, 5) is 42.2. The van der Waals surface area contributed by atoms with Gasteiger partial charge in [-0.15, -0.1) is 0 Å². The fraction of sp³-hybridized carbons (Fsp3) is 0.333. The van der Waals surface area contributed by atoms with E-state index in [0.29, 0.717) is 11.0 Å². The topological polar surface area (TPSA) is 117 Å². The van der Waals surface area contributed by atoms with Crippen molar-refractivity contribution in [3.8, 4) is 6.07 Å². The number of halogens is 3. The SMILES string of the molecule is COC(=O)[C@](N)(C(C)C)C1(c2ccccc2)C(=O)N(c2ccc(C#N)c(C(F)(F)F)c2)C(=O)N1C. The first-order valence-corrected chi connectivity index (χ1v) is 10.5. The summed E-state index contributed by atoms with van der Waals surface area (Å²) in [5.74, 6) is -2.78. The van der Waals surface area contributed by atoms with Crippen molar-refractivity contribution in [3.63, 3.8) is 0 Å². The lowest BCUT2D eigenvalue weighted by Crippen LogP contribution is -2.73. The average Bonchev–Trinajstić information content (AvgIpc) is 3.03. The number of alkyl halides is 3. The summed E-state index contributed by atoms with van der Waals surface area (Å²) in [5.41, 5.74) is 0.143. The highest BCUT2D eigenvalue weighted by Gasteiger charge is 2.71. The molecule has 1 unspecified atom stereocenters. The van der Waals surface area contributed by atoms with Crippen LogP contribution in [0.5, 0.6) is 0 Å². The fourth-order valence-electron chi connectivity index (χ4n) is 4.58. The van der Waals surface area contributed by atoms with E-state index >= 15 is 0 Å². The minimum Gasteiger partial charge on any atom is -0.468 e. The minimum atomic E-state index is -4.92. The maximum Gasteiger partial charge on any atom is 0.417 e.